The van der Waals surface area contributed by atoms with Gasteiger partial charge in [-0.15, -0.1) is 0 Å². The molecule has 1 aromatic carbocycles. The van der Waals surface area contributed by atoms with Crippen molar-refractivity contribution in [3.05, 3.63) is 71.7 Å². The van der Waals surface area contributed by atoms with Crippen molar-refractivity contribution in [2.75, 3.05) is 11.9 Å². The number of hydrogen-bond donors (Lipinski definition) is 0. The molecule has 0 spiro atoms. The summed E-state index contributed by atoms with van der Waals surface area (Å²) in [6, 6.07) is 8.91. The Kier molecular flexibility index (Phi) is 6.11. The standard InChI is InChI=1S/C21H15F6N3O2/c1-12-5-3-4-6-14(12)15-7-8-28-11-16(15)30(2)19(31)32-18-10-13(20(22,23)24)9-17(29-18)21(25,26)27/h3-11H,1-2H3. The van der Waals surface area contributed by atoms with E-state index in [1.54, 1.807) is 18.2 Å². The molecular formula is C21H15F6N3O2. The number of alkyl halides is 6. The molecule has 0 saturated heterocycles. The molecule has 0 radical (unpaired) electrons. The molecule has 0 bridgehead atoms. The third kappa shape index (κ3) is 4.98. The molecular weight excluding hydrogens is 440 g/mol. The van der Waals surface area contributed by atoms with E-state index >= 15 is 0 Å². The van der Waals surface area contributed by atoms with E-state index in [2.05, 4.69) is 9.97 Å². The lowest BCUT2D eigenvalue weighted by Crippen LogP contribution is -2.30. The van der Waals surface area contributed by atoms with Gasteiger partial charge in [0.15, 0.2) is 0 Å². The Hall–Kier alpha value is -3.63. The molecule has 11 heteroatoms. The predicted octanol–water partition coefficient (Wildman–Crippen LogP) is 6.12. The van der Waals surface area contributed by atoms with Crippen LogP contribution in [0.2, 0.25) is 0 Å². The average Bonchev–Trinajstić information content (AvgIpc) is 2.72. The van der Waals surface area contributed by atoms with Crippen LogP contribution in [0.4, 0.5) is 36.8 Å². The number of hydrogen-bond acceptors (Lipinski definition) is 4. The van der Waals surface area contributed by atoms with Crippen LogP contribution < -0.4 is 9.64 Å². The Morgan fingerprint density at radius 3 is 2.28 bits per heavy atom. The van der Waals surface area contributed by atoms with Gasteiger partial charge in [-0.05, 0) is 30.2 Å². The minimum absolute atomic E-state index is 0.154. The van der Waals surface area contributed by atoms with Gasteiger partial charge in [0.2, 0.25) is 5.88 Å². The van der Waals surface area contributed by atoms with Gasteiger partial charge in [0.1, 0.15) is 5.69 Å². The number of rotatable bonds is 3. The summed E-state index contributed by atoms with van der Waals surface area (Å²) >= 11 is 0. The van der Waals surface area contributed by atoms with Crippen LogP contribution in [-0.4, -0.2) is 23.1 Å². The number of amides is 1. The number of aromatic nitrogens is 2. The third-order valence-electron chi connectivity index (χ3n) is 4.48. The summed E-state index contributed by atoms with van der Waals surface area (Å²) in [5.74, 6) is -1.13. The zero-order chi connectivity index (χ0) is 23.7. The highest BCUT2D eigenvalue weighted by Crippen LogP contribution is 2.37. The zero-order valence-electron chi connectivity index (χ0n) is 16.6. The van der Waals surface area contributed by atoms with Crippen LogP contribution in [0.3, 0.4) is 0 Å². The fourth-order valence-electron chi connectivity index (χ4n) is 2.88. The van der Waals surface area contributed by atoms with E-state index in [9.17, 15) is 31.1 Å². The topological polar surface area (TPSA) is 55.3 Å². The van der Waals surface area contributed by atoms with Gasteiger partial charge in [-0.25, -0.2) is 9.78 Å². The lowest BCUT2D eigenvalue weighted by atomic mass is 10.00. The molecule has 0 aliphatic rings. The Bertz CT molecular complexity index is 1110. The van der Waals surface area contributed by atoms with Gasteiger partial charge in [0.25, 0.3) is 0 Å². The van der Waals surface area contributed by atoms with E-state index in [4.69, 9.17) is 4.74 Å². The number of carbonyl (C=O) groups is 1. The van der Waals surface area contributed by atoms with Crippen molar-refractivity contribution in [2.24, 2.45) is 0 Å². The van der Waals surface area contributed by atoms with Crippen molar-refractivity contribution >= 4 is 11.8 Å². The molecule has 0 N–H and O–H groups in total. The summed E-state index contributed by atoms with van der Waals surface area (Å²) in [5.41, 5.74) is -1.07. The van der Waals surface area contributed by atoms with Gasteiger partial charge in [-0.2, -0.15) is 26.3 Å². The molecule has 0 fully saturated rings. The molecule has 0 saturated carbocycles. The van der Waals surface area contributed by atoms with Crippen molar-refractivity contribution in [1.29, 1.82) is 0 Å². The number of benzene rings is 1. The molecule has 0 aliphatic carbocycles. The first kappa shape index (κ1) is 23.0. The summed E-state index contributed by atoms with van der Waals surface area (Å²) in [5, 5.41) is 0. The monoisotopic (exact) mass is 455 g/mol. The summed E-state index contributed by atoms with van der Waals surface area (Å²) in [4.78, 5) is 20.5. The second-order valence-electron chi connectivity index (χ2n) is 6.71. The normalized spacial score (nSPS) is 11.9. The summed E-state index contributed by atoms with van der Waals surface area (Å²) in [6.07, 6.45) is -8.71. The minimum Gasteiger partial charge on any atom is -0.391 e. The van der Waals surface area contributed by atoms with E-state index in [1.807, 2.05) is 19.1 Å². The lowest BCUT2D eigenvalue weighted by Gasteiger charge is -2.21. The molecule has 0 unspecified atom stereocenters. The van der Waals surface area contributed by atoms with Crippen molar-refractivity contribution in [3.63, 3.8) is 0 Å². The van der Waals surface area contributed by atoms with Crippen molar-refractivity contribution in [3.8, 4) is 17.0 Å². The molecule has 1 amide bonds. The number of halogens is 6. The molecule has 32 heavy (non-hydrogen) atoms. The first-order valence-electron chi connectivity index (χ1n) is 9.00. The van der Waals surface area contributed by atoms with Crippen LogP contribution in [0.15, 0.2) is 54.9 Å². The van der Waals surface area contributed by atoms with Crippen molar-refractivity contribution < 1.29 is 35.9 Å². The van der Waals surface area contributed by atoms with Crippen LogP contribution in [0.1, 0.15) is 16.8 Å². The van der Waals surface area contributed by atoms with Crippen LogP contribution in [0.5, 0.6) is 5.88 Å². The molecule has 2 aromatic heterocycles. The van der Waals surface area contributed by atoms with Gasteiger partial charge in [0, 0.05) is 24.9 Å². The van der Waals surface area contributed by atoms with Gasteiger partial charge in [-0.3, -0.25) is 9.88 Å². The molecule has 5 nitrogen and oxygen atoms in total. The smallest absolute Gasteiger partial charge is 0.391 e. The first-order chi connectivity index (χ1) is 14.9. The molecule has 2 heterocycles. The van der Waals surface area contributed by atoms with E-state index in [1.165, 1.54) is 19.4 Å². The highest BCUT2D eigenvalue weighted by atomic mass is 19.4. The number of ether oxygens (including phenoxy) is 1. The summed E-state index contributed by atoms with van der Waals surface area (Å²) in [7, 11) is 1.25. The van der Waals surface area contributed by atoms with Crippen LogP contribution in [0.25, 0.3) is 11.1 Å². The van der Waals surface area contributed by atoms with Crippen molar-refractivity contribution in [2.45, 2.75) is 19.3 Å². The fraction of sp³-hybridized carbons (Fsp3) is 0.190. The third-order valence-corrected chi connectivity index (χ3v) is 4.48. The summed E-state index contributed by atoms with van der Waals surface area (Å²) < 4.78 is 82.8. The Morgan fingerprint density at radius 1 is 0.969 bits per heavy atom. The molecule has 3 rings (SSSR count). The quantitative estimate of drug-likeness (QED) is 0.446. The highest BCUT2D eigenvalue weighted by molar-refractivity contribution is 5.94. The maximum absolute atomic E-state index is 13.0. The van der Waals surface area contributed by atoms with Crippen LogP contribution >= 0.6 is 0 Å². The highest BCUT2D eigenvalue weighted by Gasteiger charge is 2.39. The lowest BCUT2D eigenvalue weighted by molar-refractivity contribution is -0.145. The number of anilines is 1. The van der Waals surface area contributed by atoms with E-state index in [0.717, 1.165) is 16.0 Å². The minimum atomic E-state index is -5.17. The van der Waals surface area contributed by atoms with E-state index < -0.39 is 35.6 Å². The Morgan fingerprint density at radius 2 is 1.66 bits per heavy atom. The van der Waals surface area contributed by atoms with Gasteiger partial charge < -0.3 is 4.74 Å². The zero-order valence-corrected chi connectivity index (χ0v) is 16.6. The SMILES string of the molecule is Cc1ccccc1-c1ccncc1N(C)C(=O)Oc1cc(C(F)(F)F)cc(C(F)(F)F)n1. The van der Waals surface area contributed by atoms with Crippen LogP contribution in [-0.2, 0) is 12.4 Å². The number of carbonyl (C=O) groups excluding carboxylic acids is 1. The Balaban J connectivity index is 1.96. The first-order valence-corrected chi connectivity index (χ1v) is 9.00. The largest absolute Gasteiger partial charge is 0.433 e. The Labute approximate surface area is 178 Å². The molecule has 168 valence electrons. The molecule has 0 atom stereocenters. The van der Waals surface area contributed by atoms with Crippen molar-refractivity contribution in [1.82, 2.24) is 9.97 Å². The second-order valence-corrected chi connectivity index (χ2v) is 6.71. The van der Waals surface area contributed by atoms with E-state index in [0.29, 0.717) is 5.56 Å². The fourth-order valence-corrected chi connectivity index (χ4v) is 2.88. The second kappa shape index (κ2) is 8.48. The van der Waals surface area contributed by atoms with Crippen LogP contribution in [0, 0.1) is 6.92 Å². The van der Waals surface area contributed by atoms with Gasteiger partial charge in [-0.1, -0.05) is 24.3 Å². The van der Waals surface area contributed by atoms with E-state index in [-0.39, 0.29) is 17.8 Å². The summed E-state index contributed by atoms with van der Waals surface area (Å²) in [6.45, 7) is 1.84. The maximum Gasteiger partial charge on any atom is 0.433 e. The number of nitrogens with zero attached hydrogens (tertiary/aromatic N) is 3. The molecule has 3 aromatic rings. The predicted molar refractivity (Wildman–Crippen MR) is 103 cm³/mol. The van der Waals surface area contributed by atoms with Gasteiger partial charge >= 0.3 is 18.4 Å². The maximum atomic E-state index is 13.0. The van der Waals surface area contributed by atoms with Gasteiger partial charge in [0.05, 0.1) is 17.4 Å². The number of aryl methyl sites for hydroxylation is 1. The average molecular weight is 455 g/mol. The molecule has 0 aliphatic heterocycles. The number of pyridine rings is 2.